The van der Waals surface area contributed by atoms with Crippen molar-refractivity contribution in [2.75, 3.05) is 13.7 Å². The lowest BCUT2D eigenvalue weighted by Gasteiger charge is -2.09. The molecule has 3 N–H and O–H groups in total. The van der Waals surface area contributed by atoms with Gasteiger partial charge < -0.3 is 15.2 Å². The number of methoxy groups -OCH3 is 1. The summed E-state index contributed by atoms with van der Waals surface area (Å²) in [5, 5.41) is 8.81. The number of benzene rings is 1. The van der Waals surface area contributed by atoms with Crippen molar-refractivity contribution < 1.29 is 19.1 Å². The molecule has 0 aliphatic carbocycles. The van der Waals surface area contributed by atoms with Gasteiger partial charge in [-0.05, 0) is 37.6 Å². The number of hydrogen-bond donors (Lipinski definition) is 2. The molecule has 2 amide bonds. The van der Waals surface area contributed by atoms with E-state index >= 15 is 0 Å². The highest BCUT2D eigenvalue weighted by molar-refractivity contribution is 6.31. The van der Waals surface area contributed by atoms with Gasteiger partial charge in [-0.15, -0.1) is 0 Å². The zero-order valence-electron chi connectivity index (χ0n) is 15.9. The molecule has 2 aromatic rings. The Morgan fingerprint density at radius 1 is 1.36 bits per heavy atom. The lowest BCUT2D eigenvalue weighted by Crippen LogP contribution is -2.20. The van der Waals surface area contributed by atoms with E-state index in [4.69, 9.17) is 26.8 Å². The first kappa shape index (κ1) is 21.2. The number of aromatic nitrogens is 2. The van der Waals surface area contributed by atoms with E-state index in [1.807, 2.05) is 13.8 Å². The lowest BCUT2D eigenvalue weighted by atomic mass is 10.2. The summed E-state index contributed by atoms with van der Waals surface area (Å²) in [5.41, 5.74) is 9.74. The van der Waals surface area contributed by atoms with Crippen LogP contribution in [0, 0.1) is 13.8 Å². The average Bonchev–Trinajstić information content (AvgIpc) is 2.91. The molecule has 1 heterocycles. The Kier molecular flexibility index (Phi) is 7.39. The number of rotatable bonds is 9. The maximum absolute atomic E-state index is 11.9. The van der Waals surface area contributed by atoms with Crippen molar-refractivity contribution >= 4 is 29.6 Å². The highest BCUT2D eigenvalue weighted by Crippen LogP contribution is 2.27. The van der Waals surface area contributed by atoms with Crippen molar-refractivity contribution in [1.82, 2.24) is 15.2 Å². The fourth-order valence-corrected chi connectivity index (χ4v) is 2.50. The van der Waals surface area contributed by atoms with Gasteiger partial charge in [0, 0.05) is 6.42 Å². The average molecular weight is 408 g/mol. The number of amides is 2. The van der Waals surface area contributed by atoms with Gasteiger partial charge >= 0.3 is 0 Å². The second kappa shape index (κ2) is 9.75. The minimum atomic E-state index is -0.585. The third-order valence-corrected chi connectivity index (χ3v) is 4.35. The fourth-order valence-electron chi connectivity index (χ4n) is 2.37. The minimum absolute atomic E-state index is 0.207. The van der Waals surface area contributed by atoms with Crippen LogP contribution in [0.3, 0.4) is 0 Å². The Morgan fingerprint density at radius 2 is 2.11 bits per heavy atom. The van der Waals surface area contributed by atoms with Crippen LogP contribution in [0.2, 0.25) is 5.02 Å². The molecule has 1 aromatic heterocycles. The van der Waals surface area contributed by atoms with Crippen LogP contribution in [0.15, 0.2) is 23.3 Å². The first-order valence-electron chi connectivity index (χ1n) is 8.42. The van der Waals surface area contributed by atoms with Crippen LogP contribution in [0.5, 0.6) is 11.5 Å². The van der Waals surface area contributed by atoms with E-state index in [2.05, 4.69) is 15.6 Å². The van der Waals surface area contributed by atoms with Crippen LogP contribution in [0.25, 0.3) is 0 Å². The Balaban J connectivity index is 1.89. The van der Waals surface area contributed by atoms with Crippen molar-refractivity contribution in [3.63, 3.8) is 0 Å². The summed E-state index contributed by atoms with van der Waals surface area (Å²) in [6.45, 7) is 3.82. The van der Waals surface area contributed by atoms with E-state index < -0.39 is 5.91 Å². The standard InChI is InChI=1S/C18H22ClN5O4/c1-11-18(19)12(2)24(23-11)7-6-17(26)22-21-9-13-4-5-14(15(8-13)27-3)28-10-16(20)25/h4-5,8-9H,6-7,10H2,1-3H3,(H2,20,25)(H,22,26)/b21-9-. The van der Waals surface area contributed by atoms with Gasteiger partial charge in [0.05, 0.1) is 36.3 Å². The number of ether oxygens (including phenoxy) is 2. The zero-order chi connectivity index (χ0) is 20.7. The van der Waals surface area contributed by atoms with Crippen molar-refractivity contribution in [2.24, 2.45) is 10.8 Å². The smallest absolute Gasteiger partial charge is 0.255 e. The highest BCUT2D eigenvalue weighted by atomic mass is 35.5. The number of primary amides is 1. The second-order valence-electron chi connectivity index (χ2n) is 5.92. The summed E-state index contributed by atoms with van der Waals surface area (Å²) >= 11 is 6.09. The van der Waals surface area contributed by atoms with Crippen molar-refractivity contribution in [3.05, 3.63) is 40.2 Å². The Morgan fingerprint density at radius 3 is 2.71 bits per heavy atom. The summed E-state index contributed by atoms with van der Waals surface area (Å²) in [7, 11) is 1.47. The molecular formula is C18H22ClN5O4. The van der Waals surface area contributed by atoms with Gasteiger partial charge in [0.1, 0.15) is 0 Å². The van der Waals surface area contributed by atoms with Gasteiger partial charge in [0.25, 0.3) is 5.91 Å². The monoisotopic (exact) mass is 407 g/mol. The van der Waals surface area contributed by atoms with Gasteiger partial charge in [-0.25, -0.2) is 5.43 Å². The Hall–Kier alpha value is -3.07. The largest absolute Gasteiger partial charge is 0.493 e. The molecule has 0 fully saturated rings. The number of nitrogens with one attached hydrogen (secondary N) is 1. The van der Waals surface area contributed by atoms with Crippen LogP contribution in [-0.4, -0.2) is 41.5 Å². The summed E-state index contributed by atoms with van der Waals surface area (Å²) in [4.78, 5) is 22.8. The number of aryl methyl sites for hydroxylation is 2. The molecule has 2 rings (SSSR count). The molecule has 0 radical (unpaired) electrons. The number of halogens is 1. The molecule has 0 saturated heterocycles. The molecule has 0 aliphatic heterocycles. The van der Waals surface area contributed by atoms with Crippen LogP contribution in [-0.2, 0) is 16.1 Å². The maximum atomic E-state index is 11.9. The maximum Gasteiger partial charge on any atom is 0.255 e. The Bertz CT molecular complexity index is 894. The third-order valence-electron chi connectivity index (χ3n) is 3.80. The highest BCUT2D eigenvalue weighted by Gasteiger charge is 2.10. The van der Waals surface area contributed by atoms with Gasteiger partial charge in [0.15, 0.2) is 18.1 Å². The second-order valence-corrected chi connectivity index (χ2v) is 6.29. The molecule has 10 heteroatoms. The summed E-state index contributed by atoms with van der Waals surface area (Å²) in [6, 6.07) is 4.98. The third kappa shape index (κ3) is 5.71. The first-order valence-corrected chi connectivity index (χ1v) is 8.80. The van der Waals surface area contributed by atoms with E-state index in [0.29, 0.717) is 28.6 Å². The van der Waals surface area contributed by atoms with Gasteiger partial charge in [-0.2, -0.15) is 10.2 Å². The minimum Gasteiger partial charge on any atom is -0.493 e. The Labute approximate surface area is 167 Å². The molecule has 0 aliphatic rings. The molecule has 0 bridgehead atoms. The number of carbonyl (C=O) groups excluding carboxylic acids is 2. The lowest BCUT2D eigenvalue weighted by molar-refractivity contribution is -0.121. The number of nitrogens with zero attached hydrogens (tertiary/aromatic N) is 3. The number of hydrazone groups is 1. The van der Waals surface area contributed by atoms with Crippen LogP contribution in [0.4, 0.5) is 0 Å². The zero-order valence-corrected chi connectivity index (χ0v) is 16.6. The van der Waals surface area contributed by atoms with Crippen molar-refractivity contribution in [3.8, 4) is 11.5 Å². The van der Waals surface area contributed by atoms with E-state index in [1.165, 1.54) is 13.3 Å². The number of carbonyl (C=O) groups is 2. The van der Waals surface area contributed by atoms with E-state index in [-0.39, 0.29) is 18.9 Å². The normalized spacial score (nSPS) is 10.9. The van der Waals surface area contributed by atoms with Gasteiger partial charge in [-0.3, -0.25) is 14.3 Å². The molecule has 150 valence electrons. The van der Waals surface area contributed by atoms with E-state index in [1.54, 1.807) is 22.9 Å². The number of hydrogen-bond acceptors (Lipinski definition) is 6. The van der Waals surface area contributed by atoms with Gasteiger partial charge in [-0.1, -0.05) is 11.6 Å². The van der Waals surface area contributed by atoms with Crippen molar-refractivity contribution in [2.45, 2.75) is 26.8 Å². The predicted molar refractivity (Wildman–Crippen MR) is 105 cm³/mol. The number of nitrogens with two attached hydrogens (primary N) is 1. The SMILES string of the molecule is COc1cc(/C=N\NC(=O)CCn2nc(C)c(Cl)c2C)ccc1OCC(N)=O. The van der Waals surface area contributed by atoms with E-state index in [0.717, 1.165) is 11.4 Å². The predicted octanol–water partition coefficient (Wildman–Crippen LogP) is 1.57. The van der Waals surface area contributed by atoms with Crippen molar-refractivity contribution in [1.29, 1.82) is 0 Å². The molecule has 1 aromatic carbocycles. The molecule has 9 nitrogen and oxygen atoms in total. The van der Waals surface area contributed by atoms with Crippen LogP contribution >= 0.6 is 11.6 Å². The fraction of sp³-hybridized carbons (Fsp3) is 0.333. The molecule has 0 saturated carbocycles. The molecule has 0 unspecified atom stereocenters. The van der Waals surface area contributed by atoms with Crippen LogP contribution in [0.1, 0.15) is 23.4 Å². The summed E-state index contributed by atoms with van der Waals surface area (Å²) in [5.74, 6) is -0.0459. The van der Waals surface area contributed by atoms with E-state index in [9.17, 15) is 9.59 Å². The molecular weight excluding hydrogens is 386 g/mol. The van der Waals surface area contributed by atoms with Gasteiger partial charge in [0.2, 0.25) is 5.91 Å². The molecule has 28 heavy (non-hydrogen) atoms. The molecule has 0 atom stereocenters. The quantitative estimate of drug-likeness (QED) is 0.482. The first-order chi connectivity index (χ1) is 13.3. The summed E-state index contributed by atoms with van der Waals surface area (Å²) < 4.78 is 12.2. The molecule has 0 spiro atoms. The van der Waals surface area contributed by atoms with Crippen LogP contribution < -0.4 is 20.6 Å². The summed E-state index contributed by atoms with van der Waals surface area (Å²) in [6.07, 6.45) is 1.68. The topological polar surface area (TPSA) is 121 Å².